The third-order valence-electron chi connectivity index (χ3n) is 2.73. The van der Waals surface area contributed by atoms with Gasteiger partial charge in [-0.25, -0.2) is 0 Å². The molecule has 2 rings (SSSR count). The molecule has 2 aliphatic carbocycles. The van der Waals surface area contributed by atoms with E-state index in [2.05, 4.69) is 0 Å². The molecule has 0 saturated heterocycles. The Morgan fingerprint density at radius 3 is 2.83 bits per heavy atom. The molecule has 0 aliphatic heterocycles. The van der Waals surface area contributed by atoms with Gasteiger partial charge >= 0.3 is 0 Å². The van der Waals surface area contributed by atoms with Crippen LogP contribution in [0.25, 0.3) is 0 Å². The van der Waals surface area contributed by atoms with Crippen LogP contribution in [0.15, 0.2) is 11.6 Å². The van der Waals surface area contributed by atoms with Crippen LogP contribution in [0.3, 0.4) is 0 Å². The van der Waals surface area contributed by atoms with Gasteiger partial charge in [-0.15, -0.1) is 0 Å². The van der Waals surface area contributed by atoms with Crippen molar-refractivity contribution in [2.24, 2.45) is 11.8 Å². The SMILES string of the molecule is O=C[C@H]1C[C@H]1C1=CC(=O)CCC1. The molecule has 0 amide bonds. The Morgan fingerprint density at radius 1 is 1.42 bits per heavy atom. The van der Waals surface area contributed by atoms with Crippen LogP contribution >= 0.6 is 0 Å². The Morgan fingerprint density at radius 2 is 2.25 bits per heavy atom. The number of ketones is 1. The molecule has 0 radical (unpaired) electrons. The first-order chi connectivity index (χ1) is 5.81. The van der Waals surface area contributed by atoms with Gasteiger partial charge in [0.1, 0.15) is 6.29 Å². The summed E-state index contributed by atoms with van der Waals surface area (Å²) in [5, 5.41) is 0. The summed E-state index contributed by atoms with van der Waals surface area (Å²) in [4.78, 5) is 21.4. The van der Waals surface area contributed by atoms with Crippen LogP contribution in [0.4, 0.5) is 0 Å². The molecule has 1 fully saturated rings. The smallest absolute Gasteiger partial charge is 0.155 e. The summed E-state index contributed by atoms with van der Waals surface area (Å²) in [6.45, 7) is 0. The minimum atomic E-state index is 0.224. The number of rotatable bonds is 2. The van der Waals surface area contributed by atoms with Gasteiger partial charge in [0.25, 0.3) is 0 Å². The van der Waals surface area contributed by atoms with E-state index in [0.29, 0.717) is 12.3 Å². The molecule has 2 nitrogen and oxygen atoms in total. The lowest BCUT2D eigenvalue weighted by molar-refractivity contribution is -0.115. The average Bonchev–Trinajstić information content (AvgIpc) is 2.83. The van der Waals surface area contributed by atoms with E-state index in [9.17, 15) is 9.59 Å². The van der Waals surface area contributed by atoms with Crippen molar-refractivity contribution >= 4 is 12.1 Å². The maximum absolute atomic E-state index is 11.0. The molecule has 0 unspecified atom stereocenters. The molecule has 64 valence electrons. The number of carbonyl (C=O) groups excluding carboxylic acids is 2. The van der Waals surface area contributed by atoms with E-state index in [0.717, 1.165) is 25.5 Å². The number of aldehydes is 1. The Kier molecular flexibility index (Phi) is 1.83. The minimum absolute atomic E-state index is 0.224. The van der Waals surface area contributed by atoms with Crippen LogP contribution in [-0.2, 0) is 9.59 Å². The maximum Gasteiger partial charge on any atom is 0.155 e. The molecule has 0 bridgehead atoms. The number of hydrogen-bond donors (Lipinski definition) is 0. The quantitative estimate of drug-likeness (QED) is 0.579. The zero-order valence-electron chi connectivity index (χ0n) is 6.95. The van der Waals surface area contributed by atoms with E-state index in [1.807, 2.05) is 0 Å². The molecule has 0 spiro atoms. The van der Waals surface area contributed by atoms with Gasteiger partial charge in [-0.05, 0) is 31.3 Å². The summed E-state index contributed by atoms with van der Waals surface area (Å²) in [6.07, 6.45) is 6.46. The standard InChI is InChI=1S/C10H12O2/c11-6-8-5-10(8)7-2-1-3-9(12)4-7/h4,6,8,10H,1-3,5H2/t8-,10+/m1/s1. The molecule has 2 heteroatoms. The lowest BCUT2D eigenvalue weighted by Gasteiger charge is -2.10. The first-order valence-corrected chi connectivity index (χ1v) is 4.50. The van der Waals surface area contributed by atoms with Gasteiger partial charge in [0.15, 0.2) is 5.78 Å². The molecule has 12 heavy (non-hydrogen) atoms. The van der Waals surface area contributed by atoms with Crippen molar-refractivity contribution in [3.05, 3.63) is 11.6 Å². The predicted octanol–water partition coefficient (Wildman–Crippen LogP) is 1.50. The van der Waals surface area contributed by atoms with E-state index >= 15 is 0 Å². The largest absolute Gasteiger partial charge is 0.303 e. The fraction of sp³-hybridized carbons (Fsp3) is 0.600. The highest BCUT2D eigenvalue weighted by atomic mass is 16.1. The monoisotopic (exact) mass is 164 g/mol. The summed E-state index contributed by atoms with van der Waals surface area (Å²) in [5.74, 6) is 0.890. The fourth-order valence-electron chi connectivity index (χ4n) is 1.90. The van der Waals surface area contributed by atoms with Crippen molar-refractivity contribution in [2.45, 2.75) is 25.7 Å². The first kappa shape index (κ1) is 7.71. The lowest BCUT2D eigenvalue weighted by Crippen LogP contribution is -2.04. The topological polar surface area (TPSA) is 34.1 Å². The highest BCUT2D eigenvalue weighted by Gasteiger charge is 2.39. The molecular weight excluding hydrogens is 152 g/mol. The van der Waals surface area contributed by atoms with E-state index in [-0.39, 0.29) is 11.7 Å². The zero-order valence-corrected chi connectivity index (χ0v) is 6.95. The van der Waals surface area contributed by atoms with E-state index in [1.165, 1.54) is 5.57 Å². The van der Waals surface area contributed by atoms with Crippen molar-refractivity contribution in [1.82, 2.24) is 0 Å². The van der Waals surface area contributed by atoms with Crippen molar-refractivity contribution in [1.29, 1.82) is 0 Å². The molecule has 0 aromatic rings. The Labute approximate surface area is 71.6 Å². The van der Waals surface area contributed by atoms with Crippen LogP contribution in [0, 0.1) is 11.8 Å². The second-order valence-corrected chi connectivity index (χ2v) is 3.68. The molecule has 1 saturated carbocycles. The normalized spacial score (nSPS) is 34.3. The summed E-state index contributed by atoms with van der Waals surface area (Å²) in [6, 6.07) is 0. The first-order valence-electron chi connectivity index (χ1n) is 4.50. The van der Waals surface area contributed by atoms with Gasteiger partial charge in [-0.3, -0.25) is 4.79 Å². The third kappa shape index (κ3) is 1.33. The van der Waals surface area contributed by atoms with E-state index < -0.39 is 0 Å². The van der Waals surface area contributed by atoms with Gasteiger partial charge in [0.2, 0.25) is 0 Å². The molecule has 0 heterocycles. The fourth-order valence-corrected chi connectivity index (χ4v) is 1.90. The number of carbonyl (C=O) groups is 2. The van der Waals surface area contributed by atoms with Gasteiger partial charge in [-0.2, -0.15) is 0 Å². The van der Waals surface area contributed by atoms with Gasteiger partial charge in [0.05, 0.1) is 0 Å². The molecule has 0 aromatic carbocycles. The van der Waals surface area contributed by atoms with Crippen LogP contribution in [0.2, 0.25) is 0 Å². The molecule has 0 aromatic heterocycles. The highest BCUT2D eigenvalue weighted by molar-refractivity contribution is 5.91. The Hall–Kier alpha value is -0.920. The molecule has 2 atom stereocenters. The van der Waals surface area contributed by atoms with E-state index in [1.54, 1.807) is 6.08 Å². The van der Waals surface area contributed by atoms with Crippen molar-refractivity contribution in [3.8, 4) is 0 Å². The predicted molar refractivity (Wildman–Crippen MR) is 44.6 cm³/mol. The lowest BCUT2D eigenvalue weighted by atomic mass is 9.94. The second-order valence-electron chi connectivity index (χ2n) is 3.68. The summed E-state index contributed by atoms with van der Waals surface area (Å²) >= 11 is 0. The highest BCUT2D eigenvalue weighted by Crippen LogP contribution is 2.45. The van der Waals surface area contributed by atoms with Crippen molar-refractivity contribution < 1.29 is 9.59 Å². The summed E-state index contributed by atoms with van der Waals surface area (Å²) in [7, 11) is 0. The summed E-state index contributed by atoms with van der Waals surface area (Å²) < 4.78 is 0. The van der Waals surface area contributed by atoms with E-state index in [4.69, 9.17) is 0 Å². The maximum atomic E-state index is 11.0. The molecular formula is C10H12O2. The van der Waals surface area contributed by atoms with Crippen molar-refractivity contribution in [3.63, 3.8) is 0 Å². The number of hydrogen-bond acceptors (Lipinski definition) is 2. The van der Waals surface area contributed by atoms with Crippen LogP contribution in [0.1, 0.15) is 25.7 Å². The number of allylic oxidation sites excluding steroid dienone is 2. The Balaban J connectivity index is 2.04. The van der Waals surface area contributed by atoms with Crippen LogP contribution < -0.4 is 0 Å². The zero-order chi connectivity index (χ0) is 8.55. The third-order valence-corrected chi connectivity index (χ3v) is 2.73. The van der Waals surface area contributed by atoms with Crippen LogP contribution in [0.5, 0.6) is 0 Å². The second kappa shape index (κ2) is 2.85. The average molecular weight is 164 g/mol. The van der Waals surface area contributed by atoms with Gasteiger partial charge in [0, 0.05) is 12.3 Å². The molecule has 0 N–H and O–H groups in total. The summed E-state index contributed by atoms with van der Waals surface area (Å²) in [5.41, 5.74) is 1.23. The molecule has 2 aliphatic rings. The van der Waals surface area contributed by atoms with Crippen molar-refractivity contribution in [2.75, 3.05) is 0 Å². The minimum Gasteiger partial charge on any atom is -0.303 e. The van der Waals surface area contributed by atoms with Gasteiger partial charge in [-0.1, -0.05) is 5.57 Å². The van der Waals surface area contributed by atoms with Gasteiger partial charge < -0.3 is 4.79 Å². The van der Waals surface area contributed by atoms with Crippen LogP contribution in [-0.4, -0.2) is 12.1 Å². The Bertz CT molecular complexity index is 253.